The second-order valence-corrected chi connectivity index (χ2v) is 12.4. The molecule has 2 N–H and O–H groups in total. The summed E-state index contributed by atoms with van der Waals surface area (Å²) in [5.41, 5.74) is 9.26. The van der Waals surface area contributed by atoms with Crippen molar-refractivity contribution in [2.45, 2.75) is 48.6 Å². The van der Waals surface area contributed by atoms with E-state index in [4.69, 9.17) is 5.26 Å². The predicted molar refractivity (Wildman–Crippen MR) is 126 cm³/mol. The highest BCUT2D eigenvalue weighted by atomic mass is 32.2. The van der Waals surface area contributed by atoms with Crippen LogP contribution in [0.1, 0.15) is 58.6 Å². The van der Waals surface area contributed by atoms with Gasteiger partial charge in [-0.05, 0) is 49.8 Å². The van der Waals surface area contributed by atoms with Crippen molar-refractivity contribution < 1.29 is 13.2 Å². The van der Waals surface area contributed by atoms with Crippen molar-refractivity contribution in [2.24, 2.45) is 12.1 Å². The quantitative estimate of drug-likeness (QED) is 0.571. The minimum atomic E-state index is -3.19. The summed E-state index contributed by atoms with van der Waals surface area (Å²) in [5, 5.41) is 19.6. The lowest BCUT2D eigenvalue weighted by Crippen LogP contribution is -2.47. The van der Waals surface area contributed by atoms with E-state index in [0.29, 0.717) is 55.1 Å². The van der Waals surface area contributed by atoms with Gasteiger partial charge in [0.05, 0.1) is 28.2 Å². The first-order valence-corrected chi connectivity index (χ1v) is 13.3. The molecule has 0 atom stereocenters. The molecular formula is C23H26N8O3S. The van der Waals surface area contributed by atoms with Crippen LogP contribution in [0.15, 0.2) is 29.4 Å². The van der Waals surface area contributed by atoms with Crippen LogP contribution >= 0.6 is 0 Å². The van der Waals surface area contributed by atoms with Crippen LogP contribution in [-0.4, -0.2) is 62.9 Å². The van der Waals surface area contributed by atoms with E-state index in [2.05, 4.69) is 27.3 Å². The minimum Gasteiger partial charge on any atom is -0.335 e. The molecule has 4 aliphatic rings. The molecule has 35 heavy (non-hydrogen) atoms. The Morgan fingerprint density at radius 3 is 2.63 bits per heavy atom. The summed E-state index contributed by atoms with van der Waals surface area (Å²) in [5.74, 6) is 0.394. The molecular weight excluding hydrogens is 468 g/mol. The fourth-order valence-electron chi connectivity index (χ4n) is 5.07. The van der Waals surface area contributed by atoms with Crippen LogP contribution < -0.4 is 11.1 Å². The maximum Gasteiger partial charge on any atom is 0.272 e. The number of hydrogen-bond acceptors (Lipinski definition) is 9. The maximum atomic E-state index is 13.5. The zero-order valence-electron chi connectivity index (χ0n) is 19.4. The number of nitriles is 1. The van der Waals surface area contributed by atoms with E-state index in [1.807, 2.05) is 17.1 Å². The lowest BCUT2D eigenvalue weighted by molar-refractivity contribution is 0.0724. The molecule has 3 heterocycles. The number of nitrogens with one attached hydrogen (secondary N) is 2. The van der Waals surface area contributed by atoms with Gasteiger partial charge in [0.15, 0.2) is 15.7 Å². The summed E-state index contributed by atoms with van der Waals surface area (Å²) in [6.45, 7) is 1.19. The van der Waals surface area contributed by atoms with Gasteiger partial charge in [-0.25, -0.2) is 14.0 Å². The molecule has 2 fully saturated rings. The molecule has 1 aromatic carbocycles. The molecule has 2 aliphatic heterocycles. The Labute approximate surface area is 203 Å². The summed E-state index contributed by atoms with van der Waals surface area (Å²) in [6, 6.07) is 9.41. The van der Waals surface area contributed by atoms with Crippen molar-refractivity contribution in [3.63, 3.8) is 0 Å². The fourth-order valence-corrected chi connectivity index (χ4v) is 7.54. The summed E-state index contributed by atoms with van der Waals surface area (Å²) < 4.78 is 26.7. The van der Waals surface area contributed by atoms with Crippen LogP contribution in [0.3, 0.4) is 0 Å². The first-order chi connectivity index (χ1) is 16.8. The summed E-state index contributed by atoms with van der Waals surface area (Å²) in [6.07, 6.45) is 3.34. The molecule has 1 amide bonds. The number of aryl methyl sites for hydroxylation is 1. The number of fused-ring (bicyclic) bond motifs is 1. The number of amides is 1. The smallest absolute Gasteiger partial charge is 0.272 e. The van der Waals surface area contributed by atoms with Crippen molar-refractivity contribution in [1.82, 2.24) is 30.8 Å². The van der Waals surface area contributed by atoms with E-state index in [0.717, 1.165) is 24.0 Å². The molecule has 12 heteroatoms. The molecule has 0 saturated heterocycles. The van der Waals surface area contributed by atoms with E-state index in [9.17, 15) is 13.2 Å². The van der Waals surface area contributed by atoms with Crippen molar-refractivity contribution in [2.75, 3.05) is 13.1 Å². The van der Waals surface area contributed by atoms with Gasteiger partial charge in [-0.2, -0.15) is 10.4 Å². The number of nitrogens with zero attached hydrogens (tertiary/aromatic N) is 6. The van der Waals surface area contributed by atoms with Crippen LogP contribution in [0.25, 0.3) is 0 Å². The zero-order chi connectivity index (χ0) is 24.4. The van der Waals surface area contributed by atoms with Gasteiger partial charge in [0.2, 0.25) is 0 Å². The van der Waals surface area contributed by atoms with Crippen LogP contribution in [-0.2, 0) is 29.9 Å². The number of carbonyl (C=O) groups is 1. The summed E-state index contributed by atoms with van der Waals surface area (Å²) in [7, 11) is -1.46. The number of hydrazone groups is 1. The first-order valence-electron chi connectivity index (χ1n) is 11.8. The number of rotatable bonds is 7. The van der Waals surface area contributed by atoms with Crippen LogP contribution in [0, 0.1) is 11.3 Å². The van der Waals surface area contributed by atoms with Crippen LogP contribution in [0.5, 0.6) is 0 Å². The van der Waals surface area contributed by atoms with E-state index < -0.39 is 14.6 Å². The second kappa shape index (κ2) is 7.79. The van der Waals surface area contributed by atoms with Crippen LogP contribution in [0.2, 0.25) is 0 Å². The number of amidine groups is 1. The van der Waals surface area contributed by atoms with Gasteiger partial charge in [0, 0.05) is 25.7 Å². The molecule has 2 saturated carbocycles. The molecule has 0 radical (unpaired) electrons. The predicted octanol–water partition coefficient (Wildman–Crippen LogP) is 0.586. The third kappa shape index (κ3) is 3.57. The lowest BCUT2D eigenvalue weighted by Gasteiger charge is -2.31. The summed E-state index contributed by atoms with van der Waals surface area (Å²) in [4.78, 5) is 15.2. The maximum absolute atomic E-state index is 13.5. The molecule has 0 unspecified atom stereocenters. The van der Waals surface area contributed by atoms with E-state index in [1.165, 1.54) is 0 Å². The van der Waals surface area contributed by atoms with Crippen molar-refractivity contribution in [1.29, 1.82) is 5.26 Å². The Hall–Kier alpha value is -3.43. The Bertz CT molecular complexity index is 1380. The topological polar surface area (TPSA) is 136 Å². The molecule has 2 aliphatic carbocycles. The Kier molecular flexibility index (Phi) is 4.91. The van der Waals surface area contributed by atoms with Gasteiger partial charge in [0.1, 0.15) is 11.4 Å². The lowest BCUT2D eigenvalue weighted by atomic mass is 10.0. The largest absolute Gasteiger partial charge is 0.335 e. The molecule has 2 aromatic rings. The van der Waals surface area contributed by atoms with E-state index in [1.54, 1.807) is 28.8 Å². The Balaban J connectivity index is 1.23. The molecule has 0 spiro atoms. The zero-order valence-corrected chi connectivity index (χ0v) is 20.2. The van der Waals surface area contributed by atoms with E-state index >= 15 is 0 Å². The number of aromatic nitrogens is 2. The molecule has 6 rings (SSSR count). The standard InChI is InChI=1S/C23H26N8O3S/c1-29-20-18(8-11-30(22(20)32)14-23(9-10-23)35(33,34)17-6-7-17)19(26-29)21-25-27-28-31(21)13-16-4-2-15(12-24)3-5-16/h2-5,17,27-28H,6-11,13-14H2,1H3. The monoisotopic (exact) mass is 494 g/mol. The van der Waals surface area contributed by atoms with E-state index in [-0.39, 0.29) is 17.7 Å². The highest BCUT2D eigenvalue weighted by Crippen LogP contribution is 2.50. The molecule has 1 aromatic heterocycles. The van der Waals surface area contributed by atoms with Gasteiger partial charge in [-0.1, -0.05) is 12.1 Å². The van der Waals surface area contributed by atoms with Gasteiger partial charge in [0.25, 0.3) is 5.91 Å². The fraction of sp³-hybridized carbons (Fsp3) is 0.478. The van der Waals surface area contributed by atoms with Crippen molar-refractivity contribution >= 4 is 21.6 Å². The number of carbonyl (C=O) groups excluding carboxylic acids is 1. The Morgan fingerprint density at radius 2 is 1.97 bits per heavy atom. The number of hydrogen-bond donors (Lipinski definition) is 2. The van der Waals surface area contributed by atoms with Crippen molar-refractivity contribution in [3.8, 4) is 6.07 Å². The highest BCUT2D eigenvalue weighted by molar-refractivity contribution is 7.94. The Morgan fingerprint density at radius 1 is 1.23 bits per heavy atom. The minimum absolute atomic E-state index is 0.178. The average Bonchev–Trinajstić information content (AvgIpc) is 3.77. The van der Waals surface area contributed by atoms with Crippen LogP contribution in [0.4, 0.5) is 0 Å². The first kappa shape index (κ1) is 22.1. The molecule has 11 nitrogen and oxygen atoms in total. The molecule has 182 valence electrons. The number of benzene rings is 1. The van der Waals surface area contributed by atoms with Gasteiger partial charge in [-0.3, -0.25) is 14.5 Å². The van der Waals surface area contributed by atoms with Gasteiger partial charge < -0.3 is 4.90 Å². The van der Waals surface area contributed by atoms with Gasteiger partial charge >= 0.3 is 0 Å². The van der Waals surface area contributed by atoms with Crippen molar-refractivity contribution in [3.05, 3.63) is 52.3 Å². The SMILES string of the molecule is Cn1nc(C2=NNNN2Cc2ccc(C#N)cc2)c2c1C(=O)N(CC1(S(=O)(=O)C3CC3)CC1)CC2. The third-order valence-electron chi connectivity index (χ3n) is 7.36. The number of hydrazine groups is 2. The van der Waals surface area contributed by atoms with Gasteiger partial charge in [-0.15, -0.1) is 10.6 Å². The highest BCUT2D eigenvalue weighted by Gasteiger charge is 2.60. The second-order valence-electron chi connectivity index (χ2n) is 9.76. The normalized spacial score (nSPS) is 20.8. The number of sulfone groups is 1. The summed E-state index contributed by atoms with van der Waals surface area (Å²) >= 11 is 0. The molecule has 0 bridgehead atoms. The average molecular weight is 495 g/mol. The third-order valence-corrected chi connectivity index (χ3v) is 10.5.